The molecule has 2 N–H and O–H groups in total. The zero-order chi connectivity index (χ0) is 14.4. The minimum Gasteiger partial charge on any atom is -0.481 e. The van der Waals surface area contributed by atoms with Crippen molar-refractivity contribution in [1.82, 2.24) is 10.2 Å². The van der Waals surface area contributed by atoms with E-state index in [1.165, 1.54) is 0 Å². The number of hydrogen-bond donors (Lipinski definition) is 2. The molecule has 19 heavy (non-hydrogen) atoms. The lowest BCUT2D eigenvalue weighted by atomic mass is 9.95. The predicted molar refractivity (Wildman–Crippen MR) is 73.8 cm³/mol. The highest BCUT2D eigenvalue weighted by Crippen LogP contribution is 2.36. The number of nitrogens with one attached hydrogen (secondary N) is 1. The van der Waals surface area contributed by atoms with Gasteiger partial charge in [0.15, 0.2) is 0 Å². The van der Waals surface area contributed by atoms with E-state index in [1.54, 1.807) is 0 Å². The summed E-state index contributed by atoms with van der Waals surface area (Å²) in [5.41, 5.74) is 0. The highest BCUT2D eigenvalue weighted by molar-refractivity contribution is 5.85. The van der Waals surface area contributed by atoms with Crippen molar-refractivity contribution in [3.05, 3.63) is 0 Å². The molecule has 0 aromatic heterocycles. The normalized spacial score (nSPS) is 26.6. The second-order valence-electron chi connectivity index (χ2n) is 5.93. The molecular formula is C14H26N2O3. The van der Waals surface area contributed by atoms with E-state index in [0.717, 1.165) is 19.4 Å². The maximum Gasteiger partial charge on any atom is 0.307 e. The van der Waals surface area contributed by atoms with Gasteiger partial charge < -0.3 is 15.3 Å². The Bertz CT molecular complexity index is 318. The summed E-state index contributed by atoms with van der Waals surface area (Å²) in [6.07, 6.45) is 3.29. The first-order valence-corrected chi connectivity index (χ1v) is 7.07. The Morgan fingerprint density at radius 1 is 1.21 bits per heavy atom. The summed E-state index contributed by atoms with van der Waals surface area (Å²) in [4.78, 5) is 25.3. The summed E-state index contributed by atoms with van der Waals surface area (Å²) < 4.78 is 0. The van der Waals surface area contributed by atoms with E-state index in [-0.39, 0.29) is 11.8 Å². The first-order valence-electron chi connectivity index (χ1n) is 7.07. The Balaban J connectivity index is 2.30. The van der Waals surface area contributed by atoms with Crippen LogP contribution in [0.25, 0.3) is 0 Å². The van der Waals surface area contributed by atoms with Crippen molar-refractivity contribution in [2.45, 2.75) is 32.6 Å². The molecular weight excluding hydrogens is 244 g/mol. The second-order valence-corrected chi connectivity index (χ2v) is 5.93. The number of unbranched alkanes of at least 4 members (excludes halogenated alkanes) is 1. The molecule has 0 radical (unpaired) electrons. The van der Waals surface area contributed by atoms with Gasteiger partial charge in [-0.2, -0.15) is 0 Å². The van der Waals surface area contributed by atoms with Gasteiger partial charge >= 0.3 is 5.97 Å². The van der Waals surface area contributed by atoms with Crippen LogP contribution in [0.15, 0.2) is 0 Å². The number of rotatable bonds is 7. The largest absolute Gasteiger partial charge is 0.481 e. The van der Waals surface area contributed by atoms with Gasteiger partial charge in [-0.15, -0.1) is 0 Å². The summed E-state index contributed by atoms with van der Waals surface area (Å²) in [6.45, 7) is 3.66. The topological polar surface area (TPSA) is 69.6 Å². The first kappa shape index (κ1) is 16.0. The fourth-order valence-corrected chi connectivity index (χ4v) is 2.75. The van der Waals surface area contributed by atoms with Gasteiger partial charge in [0, 0.05) is 6.54 Å². The van der Waals surface area contributed by atoms with Crippen LogP contribution in [0.5, 0.6) is 0 Å². The molecule has 1 aliphatic carbocycles. The van der Waals surface area contributed by atoms with E-state index in [9.17, 15) is 9.59 Å². The zero-order valence-corrected chi connectivity index (χ0v) is 12.2. The summed E-state index contributed by atoms with van der Waals surface area (Å²) in [7, 11) is 4.05. The van der Waals surface area contributed by atoms with Crippen molar-refractivity contribution < 1.29 is 14.7 Å². The average Bonchev–Trinajstić information content (AvgIpc) is 2.70. The van der Waals surface area contributed by atoms with E-state index in [0.29, 0.717) is 25.3 Å². The minimum atomic E-state index is -0.836. The van der Waals surface area contributed by atoms with Crippen molar-refractivity contribution >= 4 is 11.9 Å². The van der Waals surface area contributed by atoms with Gasteiger partial charge in [0.05, 0.1) is 11.8 Å². The molecule has 1 rings (SSSR count). The van der Waals surface area contributed by atoms with Gasteiger partial charge in [0.1, 0.15) is 0 Å². The number of carbonyl (C=O) groups excluding carboxylic acids is 1. The van der Waals surface area contributed by atoms with Crippen LogP contribution in [0.1, 0.15) is 32.6 Å². The minimum absolute atomic E-state index is 0.0818. The molecule has 0 saturated heterocycles. The number of nitrogens with zero attached hydrogens (tertiary/aromatic N) is 1. The maximum absolute atomic E-state index is 12.0. The third-order valence-electron chi connectivity index (χ3n) is 3.78. The average molecular weight is 270 g/mol. The Hall–Kier alpha value is -1.10. The number of aliphatic carboxylic acids is 1. The van der Waals surface area contributed by atoms with Crippen LogP contribution >= 0.6 is 0 Å². The van der Waals surface area contributed by atoms with Crippen molar-refractivity contribution in [2.75, 3.05) is 27.2 Å². The fourth-order valence-electron chi connectivity index (χ4n) is 2.75. The van der Waals surface area contributed by atoms with Gasteiger partial charge in [0.25, 0.3) is 0 Å². The van der Waals surface area contributed by atoms with Crippen LogP contribution in [0, 0.1) is 17.8 Å². The van der Waals surface area contributed by atoms with Gasteiger partial charge in [-0.25, -0.2) is 0 Å². The number of carboxylic acid groups (broad SMARTS) is 1. The lowest BCUT2D eigenvalue weighted by molar-refractivity contribution is -0.146. The number of hydrogen-bond acceptors (Lipinski definition) is 3. The monoisotopic (exact) mass is 270 g/mol. The van der Waals surface area contributed by atoms with Gasteiger partial charge in [0.2, 0.25) is 5.91 Å². The smallest absolute Gasteiger partial charge is 0.307 e. The second kappa shape index (κ2) is 7.48. The predicted octanol–water partition coefficient (Wildman–Crippen LogP) is 1.19. The number of carboxylic acids is 1. The van der Waals surface area contributed by atoms with Crippen LogP contribution in [-0.2, 0) is 9.59 Å². The van der Waals surface area contributed by atoms with Crippen molar-refractivity contribution in [3.63, 3.8) is 0 Å². The first-order chi connectivity index (χ1) is 8.91. The van der Waals surface area contributed by atoms with E-state index >= 15 is 0 Å². The summed E-state index contributed by atoms with van der Waals surface area (Å²) in [5, 5.41) is 12.0. The van der Waals surface area contributed by atoms with Crippen LogP contribution in [0.2, 0.25) is 0 Å². The van der Waals surface area contributed by atoms with E-state index < -0.39 is 11.9 Å². The molecule has 0 heterocycles. The Morgan fingerprint density at radius 3 is 2.42 bits per heavy atom. The molecule has 0 aliphatic heterocycles. The molecule has 1 saturated carbocycles. The van der Waals surface area contributed by atoms with Crippen molar-refractivity contribution in [3.8, 4) is 0 Å². The number of carbonyl (C=O) groups is 2. The third-order valence-corrected chi connectivity index (χ3v) is 3.78. The van der Waals surface area contributed by atoms with Crippen LogP contribution in [0.4, 0.5) is 0 Å². The molecule has 0 aromatic carbocycles. The molecule has 1 unspecified atom stereocenters. The zero-order valence-electron chi connectivity index (χ0n) is 12.2. The van der Waals surface area contributed by atoms with Crippen LogP contribution in [-0.4, -0.2) is 49.1 Å². The van der Waals surface area contributed by atoms with Crippen LogP contribution < -0.4 is 5.32 Å². The SMILES string of the molecule is CC1C[C@H](C(=O)NCCCCN(C)C)[C@H](C(=O)O)C1. The molecule has 0 spiro atoms. The van der Waals surface area contributed by atoms with Gasteiger partial charge in [-0.05, 0) is 52.2 Å². The van der Waals surface area contributed by atoms with E-state index in [1.807, 2.05) is 21.0 Å². The maximum atomic E-state index is 12.0. The molecule has 1 aliphatic rings. The molecule has 1 fully saturated rings. The fraction of sp³-hybridized carbons (Fsp3) is 0.857. The standard InChI is InChI=1S/C14H26N2O3/c1-10-8-11(12(9-10)14(18)19)13(17)15-6-4-5-7-16(2)3/h10-12H,4-9H2,1-3H3,(H,15,17)(H,18,19)/t10?,11-,12+/m0/s1. The van der Waals surface area contributed by atoms with E-state index in [2.05, 4.69) is 10.2 Å². The van der Waals surface area contributed by atoms with Crippen molar-refractivity contribution in [2.24, 2.45) is 17.8 Å². The molecule has 110 valence electrons. The molecule has 5 heteroatoms. The van der Waals surface area contributed by atoms with Gasteiger partial charge in [-0.3, -0.25) is 9.59 Å². The molecule has 5 nitrogen and oxygen atoms in total. The quantitative estimate of drug-likeness (QED) is 0.682. The van der Waals surface area contributed by atoms with Crippen LogP contribution in [0.3, 0.4) is 0 Å². The molecule has 3 atom stereocenters. The molecule has 0 bridgehead atoms. The Labute approximate surface area is 115 Å². The van der Waals surface area contributed by atoms with Crippen molar-refractivity contribution in [1.29, 1.82) is 0 Å². The Kier molecular flexibility index (Phi) is 6.28. The lowest BCUT2D eigenvalue weighted by Gasteiger charge is -2.15. The summed E-state index contributed by atoms with van der Waals surface area (Å²) >= 11 is 0. The van der Waals surface area contributed by atoms with Gasteiger partial charge in [-0.1, -0.05) is 6.92 Å². The summed E-state index contributed by atoms with van der Waals surface area (Å²) in [5.74, 6) is -1.44. The Morgan fingerprint density at radius 2 is 1.84 bits per heavy atom. The third kappa shape index (κ3) is 5.19. The number of amides is 1. The molecule has 0 aromatic rings. The lowest BCUT2D eigenvalue weighted by Crippen LogP contribution is -2.35. The highest BCUT2D eigenvalue weighted by Gasteiger charge is 2.40. The van der Waals surface area contributed by atoms with E-state index in [4.69, 9.17) is 5.11 Å². The summed E-state index contributed by atoms with van der Waals surface area (Å²) in [6, 6.07) is 0. The molecule has 1 amide bonds. The highest BCUT2D eigenvalue weighted by atomic mass is 16.4.